The lowest BCUT2D eigenvalue weighted by Crippen LogP contribution is -2.21. The highest BCUT2D eigenvalue weighted by Crippen LogP contribution is 2.19. The van der Waals surface area contributed by atoms with Gasteiger partial charge in [-0.15, -0.1) is 0 Å². The molecule has 1 amide bonds. The molecule has 5 nitrogen and oxygen atoms in total. The van der Waals surface area contributed by atoms with E-state index >= 15 is 0 Å². The molecular weight excluding hydrogens is 318 g/mol. The standard InChI is InChI=1S/C17H16ClNO4/c1-11-2-7-14(8-15(11)18)19-16(21)10-23-17(22)13-5-3-12(9-20)4-6-13/h2-8,20H,9-10H2,1H3,(H,19,21). The molecule has 2 N–H and O–H groups in total. The predicted molar refractivity (Wildman–Crippen MR) is 87.5 cm³/mol. The number of ether oxygens (including phenoxy) is 1. The van der Waals surface area contributed by atoms with Crippen molar-refractivity contribution in [3.05, 3.63) is 64.2 Å². The molecule has 0 saturated heterocycles. The van der Waals surface area contributed by atoms with Crippen molar-refractivity contribution in [3.8, 4) is 0 Å². The van der Waals surface area contributed by atoms with E-state index < -0.39 is 18.5 Å². The first-order valence-corrected chi connectivity index (χ1v) is 7.30. The molecule has 0 aliphatic heterocycles. The summed E-state index contributed by atoms with van der Waals surface area (Å²) in [5.41, 5.74) is 2.44. The molecule has 0 atom stereocenters. The van der Waals surface area contributed by atoms with E-state index in [9.17, 15) is 9.59 Å². The first-order chi connectivity index (χ1) is 11.0. The van der Waals surface area contributed by atoms with Gasteiger partial charge in [0, 0.05) is 10.7 Å². The maximum Gasteiger partial charge on any atom is 0.338 e. The molecule has 6 heteroatoms. The summed E-state index contributed by atoms with van der Waals surface area (Å²) in [5, 5.41) is 12.1. The van der Waals surface area contributed by atoms with E-state index in [0.717, 1.165) is 5.56 Å². The number of aliphatic hydroxyl groups excluding tert-OH is 1. The number of aliphatic hydroxyl groups is 1. The first-order valence-electron chi connectivity index (χ1n) is 6.92. The Labute approximate surface area is 138 Å². The Morgan fingerprint density at radius 3 is 2.48 bits per heavy atom. The van der Waals surface area contributed by atoms with Crippen LogP contribution in [-0.2, 0) is 16.1 Å². The molecule has 0 fully saturated rings. The van der Waals surface area contributed by atoms with E-state index in [4.69, 9.17) is 21.4 Å². The topological polar surface area (TPSA) is 75.6 Å². The zero-order chi connectivity index (χ0) is 16.8. The minimum Gasteiger partial charge on any atom is -0.452 e. The van der Waals surface area contributed by atoms with Gasteiger partial charge in [0.05, 0.1) is 12.2 Å². The van der Waals surface area contributed by atoms with Crippen LogP contribution in [0.4, 0.5) is 5.69 Å². The minimum atomic E-state index is -0.605. The Bertz CT molecular complexity index is 713. The van der Waals surface area contributed by atoms with Gasteiger partial charge in [-0.3, -0.25) is 4.79 Å². The van der Waals surface area contributed by atoms with Gasteiger partial charge in [0.25, 0.3) is 5.91 Å². The maximum absolute atomic E-state index is 11.8. The van der Waals surface area contributed by atoms with E-state index in [2.05, 4.69) is 5.32 Å². The molecule has 2 aromatic carbocycles. The number of esters is 1. The third-order valence-electron chi connectivity index (χ3n) is 3.16. The molecule has 0 unspecified atom stereocenters. The number of anilines is 1. The maximum atomic E-state index is 11.8. The highest BCUT2D eigenvalue weighted by molar-refractivity contribution is 6.31. The third kappa shape index (κ3) is 4.81. The zero-order valence-corrected chi connectivity index (χ0v) is 13.3. The minimum absolute atomic E-state index is 0.100. The van der Waals surface area contributed by atoms with Crippen LogP contribution in [0.15, 0.2) is 42.5 Å². The van der Waals surface area contributed by atoms with Crippen LogP contribution in [0.1, 0.15) is 21.5 Å². The average Bonchev–Trinajstić information content (AvgIpc) is 2.56. The van der Waals surface area contributed by atoms with Crippen LogP contribution in [0.25, 0.3) is 0 Å². The lowest BCUT2D eigenvalue weighted by Gasteiger charge is -2.08. The Hall–Kier alpha value is -2.37. The second kappa shape index (κ2) is 7.76. The number of benzene rings is 2. The summed E-state index contributed by atoms with van der Waals surface area (Å²) in [5.74, 6) is -1.06. The van der Waals surface area contributed by atoms with E-state index in [1.54, 1.807) is 30.3 Å². The zero-order valence-electron chi connectivity index (χ0n) is 12.5. The lowest BCUT2D eigenvalue weighted by molar-refractivity contribution is -0.119. The van der Waals surface area contributed by atoms with E-state index in [0.29, 0.717) is 21.8 Å². The molecule has 0 radical (unpaired) electrons. The number of carbonyl (C=O) groups is 2. The summed E-state index contributed by atoms with van der Waals surface area (Å²) >= 11 is 5.98. The monoisotopic (exact) mass is 333 g/mol. The van der Waals surface area contributed by atoms with Gasteiger partial charge in [-0.25, -0.2) is 4.79 Å². The van der Waals surface area contributed by atoms with Crippen molar-refractivity contribution in [2.24, 2.45) is 0 Å². The van der Waals surface area contributed by atoms with Gasteiger partial charge >= 0.3 is 5.97 Å². The number of aryl methyl sites for hydroxylation is 1. The fourth-order valence-electron chi connectivity index (χ4n) is 1.83. The molecule has 0 saturated carbocycles. The van der Waals surface area contributed by atoms with Crippen molar-refractivity contribution >= 4 is 29.2 Å². The molecule has 0 aromatic heterocycles. The van der Waals surface area contributed by atoms with Gasteiger partial charge in [-0.05, 0) is 42.3 Å². The Morgan fingerprint density at radius 2 is 1.87 bits per heavy atom. The van der Waals surface area contributed by atoms with Gasteiger partial charge in [-0.2, -0.15) is 0 Å². The number of rotatable bonds is 5. The Kier molecular flexibility index (Phi) is 5.73. The van der Waals surface area contributed by atoms with E-state index in [1.165, 1.54) is 12.1 Å². The lowest BCUT2D eigenvalue weighted by atomic mass is 10.1. The molecule has 0 aliphatic carbocycles. The average molecular weight is 334 g/mol. The molecule has 120 valence electrons. The van der Waals surface area contributed by atoms with Crippen LogP contribution in [0.3, 0.4) is 0 Å². The first kappa shape index (κ1) is 17.0. The normalized spacial score (nSPS) is 10.2. The summed E-state index contributed by atoms with van der Waals surface area (Å²) in [6, 6.07) is 11.4. The fraction of sp³-hybridized carbons (Fsp3) is 0.176. The molecule has 0 heterocycles. The van der Waals surface area contributed by atoms with Crippen molar-refractivity contribution in [1.82, 2.24) is 0 Å². The number of carbonyl (C=O) groups excluding carboxylic acids is 2. The van der Waals surface area contributed by atoms with Crippen LogP contribution < -0.4 is 5.32 Å². The predicted octanol–water partition coefficient (Wildman–Crippen LogP) is 2.94. The number of hydrogen-bond acceptors (Lipinski definition) is 4. The summed E-state index contributed by atoms with van der Waals surface area (Å²) in [6.45, 7) is 1.36. The second-order valence-corrected chi connectivity index (χ2v) is 5.35. The van der Waals surface area contributed by atoms with Gasteiger partial charge in [-0.1, -0.05) is 29.8 Å². The largest absolute Gasteiger partial charge is 0.452 e. The highest BCUT2D eigenvalue weighted by atomic mass is 35.5. The quantitative estimate of drug-likeness (QED) is 0.825. The Balaban J connectivity index is 1.87. The van der Waals surface area contributed by atoms with Crippen molar-refractivity contribution in [1.29, 1.82) is 0 Å². The van der Waals surface area contributed by atoms with Crippen LogP contribution >= 0.6 is 11.6 Å². The summed E-state index contributed by atoms with van der Waals surface area (Å²) < 4.78 is 4.94. The van der Waals surface area contributed by atoms with Crippen molar-refractivity contribution < 1.29 is 19.4 Å². The smallest absolute Gasteiger partial charge is 0.338 e. The Morgan fingerprint density at radius 1 is 1.17 bits per heavy atom. The van der Waals surface area contributed by atoms with Gasteiger partial charge < -0.3 is 15.2 Å². The fourth-order valence-corrected chi connectivity index (χ4v) is 2.01. The van der Waals surface area contributed by atoms with Gasteiger partial charge in [0.1, 0.15) is 0 Å². The van der Waals surface area contributed by atoms with Gasteiger partial charge in [0.15, 0.2) is 6.61 Å². The van der Waals surface area contributed by atoms with Crippen molar-refractivity contribution in [2.75, 3.05) is 11.9 Å². The molecule has 0 spiro atoms. The van der Waals surface area contributed by atoms with E-state index in [1.807, 2.05) is 6.92 Å². The number of amides is 1. The number of halogens is 1. The number of hydrogen-bond donors (Lipinski definition) is 2. The van der Waals surface area contributed by atoms with Crippen molar-refractivity contribution in [3.63, 3.8) is 0 Å². The van der Waals surface area contributed by atoms with Crippen LogP contribution in [-0.4, -0.2) is 23.6 Å². The van der Waals surface area contributed by atoms with Crippen LogP contribution in [0, 0.1) is 6.92 Å². The summed E-state index contributed by atoms with van der Waals surface area (Å²) in [7, 11) is 0. The molecular formula is C17H16ClNO4. The van der Waals surface area contributed by atoms with Crippen molar-refractivity contribution in [2.45, 2.75) is 13.5 Å². The highest BCUT2D eigenvalue weighted by Gasteiger charge is 2.10. The van der Waals surface area contributed by atoms with Crippen LogP contribution in [0.2, 0.25) is 5.02 Å². The molecule has 0 aliphatic rings. The van der Waals surface area contributed by atoms with Gasteiger partial charge in [0.2, 0.25) is 0 Å². The SMILES string of the molecule is Cc1ccc(NC(=O)COC(=O)c2ccc(CO)cc2)cc1Cl. The molecule has 2 rings (SSSR count). The third-order valence-corrected chi connectivity index (χ3v) is 3.57. The van der Waals surface area contributed by atoms with E-state index in [-0.39, 0.29) is 6.61 Å². The summed E-state index contributed by atoms with van der Waals surface area (Å²) in [6.07, 6.45) is 0. The molecule has 2 aromatic rings. The molecule has 23 heavy (non-hydrogen) atoms. The van der Waals surface area contributed by atoms with Crippen LogP contribution in [0.5, 0.6) is 0 Å². The number of nitrogens with one attached hydrogen (secondary N) is 1. The second-order valence-electron chi connectivity index (χ2n) is 4.94. The summed E-state index contributed by atoms with van der Waals surface area (Å²) in [4.78, 5) is 23.6. The molecule has 0 bridgehead atoms.